The van der Waals surface area contributed by atoms with Crippen molar-refractivity contribution < 1.29 is 9.53 Å². The van der Waals surface area contributed by atoms with Gasteiger partial charge in [-0.25, -0.2) is 0 Å². The number of benzene rings is 2. The summed E-state index contributed by atoms with van der Waals surface area (Å²) in [6.07, 6.45) is 0. The molecule has 110 valence electrons. The lowest BCUT2D eigenvalue weighted by Gasteiger charge is -2.17. The number of ether oxygens (including phenoxy) is 1. The van der Waals surface area contributed by atoms with E-state index >= 15 is 0 Å². The van der Waals surface area contributed by atoms with Crippen molar-refractivity contribution in [3.05, 3.63) is 59.7 Å². The normalized spacial score (nSPS) is 10.2. The highest BCUT2D eigenvalue weighted by Gasteiger charge is 2.12. The molecule has 0 spiro atoms. The second kappa shape index (κ2) is 6.79. The standard InChI is InChI=1S/C17H20N2O2/c1-3-21-16-9-7-13(8-10-16)12-19(2)17(20)14-5-4-6-15(18)11-14/h4-11H,3,12,18H2,1-2H3. The van der Waals surface area contributed by atoms with Gasteiger partial charge in [-0.15, -0.1) is 0 Å². The van der Waals surface area contributed by atoms with Crippen molar-refractivity contribution in [2.45, 2.75) is 13.5 Å². The fraction of sp³-hybridized carbons (Fsp3) is 0.235. The summed E-state index contributed by atoms with van der Waals surface area (Å²) in [6.45, 7) is 3.14. The molecule has 2 rings (SSSR count). The molecule has 4 nitrogen and oxygen atoms in total. The second-order valence-electron chi connectivity index (χ2n) is 4.86. The fourth-order valence-corrected chi connectivity index (χ4v) is 2.10. The van der Waals surface area contributed by atoms with Crippen molar-refractivity contribution in [1.82, 2.24) is 4.90 Å². The van der Waals surface area contributed by atoms with Gasteiger partial charge in [-0.3, -0.25) is 4.79 Å². The number of carbonyl (C=O) groups excluding carboxylic acids is 1. The first-order chi connectivity index (χ1) is 10.1. The maximum absolute atomic E-state index is 12.3. The van der Waals surface area contributed by atoms with Crippen LogP contribution in [0, 0.1) is 0 Å². The smallest absolute Gasteiger partial charge is 0.253 e. The van der Waals surface area contributed by atoms with Crippen LogP contribution in [0.15, 0.2) is 48.5 Å². The number of hydrogen-bond acceptors (Lipinski definition) is 3. The number of hydrogen-bond donors (Lipinski definition) is 1. The lowest BCUT2D eigenvalue weighted by atomic mass is 10.1. The summed E-state index contributed by atoms with van der Waals surface area (Å²) in [4.78, 5) is 14.0. The summed E-state index contributed by atoms with van der Waals surface area (Å²) in [5.41, 5.74) is 7.96. The molecule has 0 bridgehead atoms. The van der Waals surface area contributed by atoms with Gasteiger partial charge in [-0.05, 0) is 42.8 Å². The zero-order valence-electron chi connectivity index (χ0n) is 12.4. The molecular formula is C17H20N2O2. The number of nitrogen functional groups attached to an aromatic ring is 1. The van der Waals surface area contributed by atoms with Crippen LogP contribution in [0.1, 0.15) is 22.8 Å². The van der Waals surface area contributed by atoms with Crippen molar-refractivity contribution in [2.75, 3.05) is 19.4 Å². The van der Waals surface area contributed by atoms with Gasteiger partial charge in [0.15, 0.2) is 0 Å². The van der Waals surface area contributed by atoms with Crippen LogP contribution in [0.25, 0.3) is 0 Å². The van der Waals surface area contributed by atoms with Gasteiger partial charge in [0.2, 0.25) is 0 Å². The van der Waals surface area contributed by atoms with Crippen LogP contribution in [0.5, 0.6) is 5.75 Å². The summed E-state index contributed by atoms with van der Waals surface area (Å²) >= 11 is 0. The van der Waals surface area contributed by atoms with Gasteiger partial charge in [0.05, 0.1) is 6.61 Å². The highest BCUT2D eigenvalue weighted by molar-refractivity contribution is 5.94. The van der Waals surface area contributed by atoms with E-state index in [4.69, 9.17) is 10.5 Å². The molecule has 0 aliphatic carbocycles. The first-order valence-corrected chi connectivity index (χ1v) is 6.93. The molecule has 21 heavy (non-hydrogen) atoms. The Kier molecular flexibility index (Phi) is 4.82. The van der Waals surface area contributed by atoms with Gasteiger partial charge in [0.1, 0.15) is 5.75 Å². The quantitative estimate of drug-likeness (QED) is 0.859. The van der Waals surface area contributed by atoms with E-state index in [9.17, 15) is 4.79 Å². The lowest BCUT2D eigenvalue weighted by Crippen LogP contribution is -2.26. The Labute approximate surface area is 125 Å². The van der Waals surface area contributed by atoms with Crippen LogP contribution in [-0.4, -0.2) is 24.5 Å². The predicted molar refractivity (Wildman–Crippen MR) is 84.3 cm³/mol. The Balaban J connectivity index is 2.03. The molecule has 0 atom stereocenters. The lowest BCUT2D eigenvalue weighted by molar-refractivity contribution is 0.0785. The molecule has 0 saturated heterocycles. The van der Waals surface area contributed by atoms with Crippen molar-refractivity contribution in [2.24, 2.45) is 0 Å². The maximum atomic E-state index is 12.3. The third-order valence-corrected chi connectivity index (χ3v) is 3.13. The van der Waals surface area contributed by atoms with E-state index < -0.39 is 0 Å². The van der Waals surface area contributed by atoms with Gasteiger partial charge >= 0.3 is 0 Å². The minimum atomic E-state index is -0.0452. The predicted octanol–water partition coefficient (Wildman–Crippen LogP) is 2.94. The van der Waals surface area contributed by atoms with E-state index in [1.807, 2.05) is 31.2 Å². The van der Waals surface area contributed by atoms with E-state index in [0.29, 0.717) is 24.4 Å². The molecule has 0 aliphatic rings. The summed E-state index contributed by atoms with van der Waals surface area (Å²) in [7, 11) is 1.78. The van der Waals surface area contributed by atoms with E-state index in [0.717, 1.165) is 11.3 Å². The molecule has 0 aliphatic heterocycles. The van der Waals surface area contributed by atoms with Gasteiger partial charge in [-0.2, -0.15) is 0 Å². The van der Waals surface area contributed by atoms with Gasteiger partial charge in [0.25, 0.3) is 5.91 Å². The first-order valence-electron chi connectivity index (χ1n) is 6.93. The summed E-state index contributed by atoms with van der Waals surface area (Å²) in [5.74, 6) is 0.794. The van der Waals surface area contributed by atoms with E-state index in [1.54, 1.807) is 36.2 Å². The maximum Gasteiger partial charge on any atom is 0.253 e. The Bertz CT molecular complexity index is 608. The molecule has 0 radical (unpaired) electrons. The highest BCUT2D eigenvalue weighted by atomic mass is 16.5. The summed E-state index contributed by atoms with van der Waals surface area (Å²) in [5, 5.41) is 0. The van der Waals surface area contributed by atoms with E-state index in [-0.39, 0.29) is 5.91 Å². The van der Waals surface area contributed by atoms with Crippen molar-refractivity contribution in [3.8, 4) is 5.75 Å². The largest absolute Gasteiger partial charge is 0.494 e. The molecule has 0 saturated carbocycles. The molecule has 0 unspecified atom stereocenters. The Morgan fingerprint density at radius 1 is 1.19 bits per heavy atom. The monoisotopic (exact) mass is 284 g/mol. The van der Waals surface area contributed by atoms with Crippen LogP contribution in [0.4, 0.5) is 5.69 Å². The molecule has 1 amide bonds. The number of carbonyl (C=O) groups is 1. The first kappa shape index (κ1) is 14.9. The third-order valence-electron chi connectivity index (χ3n) is 3.13. The number of anilines is 1. The molecule has 2 N–H and O–H groups in total. The van der Waals surface area contributed by atoms with Crippen LogP contribution >= 0.6 is 0 Å². The minimum absolute atomic E-state index is 0.0452. The topological polar surface area (TPSA) is 55.6 Å². The molecule has 0 aromatic heterocycles. The van der Waals surface area contributed by atoms with Crippen LogP contribution in [0.3, 0.4) is 0 Å². The number of amides is 1. The summed E-state index contributed by atoms with van der Waals surface area (Å²) < 4.78 is 5.40. The second-order valence-corrected chi connectivity index (χ2v) is 4.86. The number of nitrogens with zero attached hydrogens (tertiary/aromatic N) is 1. The number of nitrogens with two attached hydrogens (primary N) is 1. The third kappa shape index (κ3) is 3.99. The average Bonchev–Trinajstić information content (AvgIpc) is 2.48. The van der Waals surface area contributed by atoms with Crippen LogP contribution < -0.4 is 10.5 Å². The SMILES string of the molecule is CCOc1ccc(CN(C)C(=O)c2cccc(N)c2)cc1. The zero-order chi connectivity index (χ0) is 15.2. The molecule has 0 fully saturated rings. The van der Waals surface area contributed by atoms with Crippen LogP contribution in [0.2, 0.25) is 0 Å². The average molecular weight is 284 g/mol. The van der Waals surface area contributed by atoms with Crippen LogP contribution in [-0.2, 0) is 6.54 Å². The zero-order valence-corrected chi connectivity index (χ0v) is 12.4. The van der Waals surface area contributed by atoms with E-state index in [2.05, 4.69) is 0 Å². The molecule has 0 heterocycles. The molecule has 4 heteroatoms. The van der Waals surface area contributed by atoms with E-state index in [1.165, 1.54) is 0 Å². The Morgan fingerprint density at radius 2 is 1.90 bits per heavy atom. The van der Waals surface area contributed by atoms with Gasteiger partial charge in [0, 0.05) is 24.8 Å². The Morgan fingerprint density at radius 3 is 2.52 bits per heavy atom. The van der Waals surface area contributed by atoms with Crippen molar-refractivity contribution in [1.29, 1.82) is 0 Å². The fourth-order valence-electron chi connectivity index (χ4n) is 2.10. The summed E-state index contributed by atoms with van der Waals surface area (Å²) in [6, 6.07) is 14.8. The van der Waals surface area contributed by atoms with Crippen molar-refractivity contribution in [3.63, 3.8) is 0 Å². The van der Waals surface area contributed by atoms with Crippen molar-refractivity contribution >= 4 is 11.6 Å². The minimum Gasteiger partial charge on any atom is -0.494 e. The Hall–Kier alpha value is -2.49. The van der Waals surface area contributed by atoms with Gasteiger partial charge < -0.3 is 15.4 Å². The number of rotatable bonds is 5. The highest BCUT2D eigenvalue weighted by Crippen LogP contribution is 2.15. The van der Waals surface area contributed by atoms with Gasteiger partial charge in [-0.1, -0.05) is 18.2 Å². The molecular weight excluding hydrogens is 264 g/mol. The molecule has 2 aromatic carbocycles. The molecule has 2 aromatic rings.